The average Bonchev–Trinajstić information content (AvgIpc) is 2.87. The van der Waals surface area contributed by atoms with Gasteiger partial charge in [-0.15, -0.1) is 0 Å². The highest BCUT2D eigenvalue weighted by atomic mass is 19.1. The molecule has 0 spiro atoms. The topological polar surface area (TPSA) is 35.9 Å². The van der Waals surface area contributed by atoms with Crippen LogP contribution in [0.5, 0.6) is 0 Å². The van der Waals surface area contributed by atoms with Gasteiger partial charge in [-0.25, -0.2) is 4.39 Å². The van der Waals surface area contributed by atoms with E-state index in [0.717, 1.165) is 22.5 Å². The summed E-state index contributed by atoms with van der Waals surface area (Å²) in [6, 6.07) is 15.8. The van der Waals surface area contributed by atoms with Crippen molar-refractivity contribution >= 4 is 17.3 Å². The zero-order valence-corrected chi connectivity index (χ0v) is 16.4. The molecule has 1 amide bonds. The van der Waals surface area contributed by atoms with E-state index in [1.54, 1.807) is 12.1 Å². The van der Waals surface area contributed by atoms with E-state index in [9.17, 15) is 9.18 Å². The fourth-order valence-corrected chi connectivity index (χ4v) is 4.06. The Balaban J connectivity index is 1.96. The first kappa shape index (κ1) is 18.4. The number of para-hydroxylation sites is 1. The highest BCUT2D eigenvalue weighted by molar-refractivity contribution is 6.19. The highest BCUT2D eigenvalue weighted by Crippen LogP contribution is 2.44. The summed E-state index contributed by atoms with van der Waals surface area (Å²) >= 11 is 0. The maximum absolute atomic E-state index is 13.6. The van der Waals surface area contributed by atoms with E-state index in [1.165, 1.54) is 12.1 Å². The van der Waals surface area contributed by atoms with Crippen molar-refractivity contribution < 1.29 is 9.18 Å². The van der Waals surface area contributed by atoms with Gasteiger partial charge >= 0.3 is 0 Å². The lowest BCUT2D eigenvalue weighted by atomic mass is 9.90. The number of carbonyl (C=O) groups excluding carboxylic acids is 1. The van der Waals surface area contributed by atoms with Gasteiger partial charge in [-0.1, -0.05) is 44.2 Å². The van der Waals surface area contributed by atoms with Crippen LogP contribution >= 0.6 is 0 Å². The highest BCUT2D eigenvalue weighted by Gasteiger charge is 2.45. The fourth-order valence-electron chi connectivity index (χ4n) is 4.06. The van der Waals surface area contributed by atoms with Crippen LogP contribution in [0.25, 0.3) is 0 Å². The quantitative estimate of drug-likeness (QED) is 0.803. The number of benzene rings is 2. The molecule has 0 saturated carbocycles. The number of aliphatic imine (C=N–C) groups is 1. The van der Waals surface area contributed by atoms with Gasteiger partial charge in [0.1, 0.15) is 11.5 Å². The second kappa shape index (κ2) is 7.23. The van der Waals surface area contributed by atoms with E-state index in [4.69, 9.17) is 4.99 Å². The van der Waals surface area contributed by atoms with Gasteiger partial charge in [-0.3, -0.25) is 14.7 Å². The van der Waals surface area contributed by atoms with Gasteiger partial charge in [0.15, 0.2) is 0 Å². The molecule has 1 atom stereocenters. The van der Waals surface area contributed by atoms with Crippen molar-refractivity contribution in [3.8, 4) is 0 Å². The molecule has 0 saturated heterocycles. The number of hydrogen-bond acceptors (Lipinski definition) is 3. The first-order valence-electron chi connectivity index (χ1n) is 9.63. The number of carbonyl (C=O) groups is 1. The Kier molecular flexibility index (Phi) is 4.75. The molecule has 2 aliphatic heterocycles. The molecular weight excluding hydrogens is 353 g/mol. The van der Waals surface area contributed by atoms with Crippen molar-refractivity contribution in [2.24, 2.45) is 10.9 Å². The van der Waals surface area contributed by atoms with Gasteiger partial charge in [0, 0.05) is 30.6 Å². The lowest BCUT2D eigenvalue weighted by molar-refractivity contribution is -0.116. The number of rotatable bonds is 3. The molecule has 2 aromatic carbocycles. The minimum atomic E-state index is -0.327. The molecule has 2 aliphatic rings. The fraction of sp³-hybridized carbons (Fsp3) is 0.304. The lowest BCUT2D eigenvalue weighted by Crippen LogP contribution is -2.34. The molecule has 0 bridgehead atoms. The monoisotopic (exact) mass is 377 g/mol. The summed E-state index contributed by atoms with van der Waals surface area (Å²) in [7, 11) is 1.95. The summed E-state index contributed by atoms with van der Waals surface area (Å²) in [6.45, 7) is 5.56. The number of likely N-dealkylation sites (N-methyl/N-ethyl adjacent to an activating group) is 1. The second-order valence-electron chi connectivity index (χ2n) is 7.57. The predicted molar refractivity (Wildman–Crippen MR) is 110 cm³/mol. The summed E-state index contributed by atoms with van der Waals surface area (Å²) in [5.74, 6) is -0.138. The summed E-state index contributed by atoms with van der Waals surface area (Å²) in [5.41, 5.74) is 4.30. The molecule has 2 aromatic rings. The Bertz CT molecular complexity index is 948. The van der Waals surface area contributed by atoms with Crippen LogP contribution in [0, 0.1) is 11.7 Å². The Morgan fingerprint density at radius 2 is 1.75 bits per heavy atom. The van der Waals surface area contributed by atoms with Crippen molar-refractivity contribution in [1.82, 2.24) is 4.90 Å². The van der Waals surface area contributed by atoms with Gasteiger partial charge in [-0.05, 0) is 35.7 Å². The van der Waals surface area contributed by atoms with Crippen molar-refractivity contribution in [2.45, 2.75) is 19.9 Å². The van der Waals surface area contributed by atoms with Crippen LogP contribution in [0.4, 0.5) is 10.1 Å². The van der Waals surface area contributed by atoms with E-state index in [1.807, 2.05) is 47.2 Å². The van der Waals surface area contributed by atoms with Crippen molar-refractivity contribution in [2.75, 3.05) is 25.0 Å². The molecule has 4 nitrogen and oxygen atoms in total. The van der Waals surface area contributed by atoms with Crippen LogP contribution in [0.1, 0.15) is 25.5 Å². The van der Waals surface area contributed by atoms with Crippen molar-refractivity contribution in [1.29, 1.82) is 0 Å². The molecule has 0 radical (unpaired) electrons. The minimum Gasteiger partial charge on any atom is -0.368 e. The Hall–Kier alpha value is -2.95. The molecule has 0 N–H and O–H groups in total. The molecule has 28 heavy (non-hydrogen) atoms. The summed E-state index contributed by atoms with van der Waals surface area (Å²) in [6.07, 6.45) is 0. The number of halogens is 1. The number of nitrogens with zero attached hydrogens (tertiary/aromatic N) is 3. The molecule has 0 aromatic heterocycles. The van der Waals surface area contributed by atoms with E-state index >= 15 is 0 Å². The van der Waals surface area contributed by atoms with Crippen LogP contribution < -0.4 is 4.90 Å². The standard InChI is InChI=1S/C23H24FN3O/c1-15(2)20-19-21(16-9-11-17(24)12-10-16)27(18-7-5-4-6-8-18)23(28)22(19)26(3)14-13-25-20/h4-12,15,21H,13-14H2,1-3H3. The predicted octanol–water partition coefficient (Wildman–Crippen LogP) is 4.21. The Morgan fingerprint density at radius 3 is 2.39 bits per heavy atom. The van der Waals surface area contributed by atoms with Crippen LogP contribution in [0.3, 0.4) is 0 Å². The molecule has 0 fully saturated rings. The number of amides is 1. The Morgan fingerprint density at radius 1 is 1.07 bits per heavy atom. The summed E-state index contributed by atoms with van der Waals surface area (Å²) in [5, 5.41) is 0. The third kappa shape index (κ3) is 3.01. The first-order valence-corrected chi connectivity index (χ1v) is 9.63. The van der Waals surface area contributed by atoms with Crippen molar-refractivity contribution in [3.05, 3.63) is 77.2 Å². The van der Waals surface area contributed by atoms with Crippen LogP contribution in [0.2, 0.25) is 0 Å². The van der Waals surface area contributed by atoms with Crippen molar-refractivity contribution in [3.63, 3.8) is 0 Å². The maximum atomic E-state index is 13.6. The molecule has 0 aliphatic carbocycles. The van der Waals surface area contributed by atoms with Crippen LogP contribution in [0.15, 0.2) is 70.9 Å². The average molecular weight is 377 g/mol. The summed E-state index contributed by atoms with van der Waals surface area (Å²) < 4.78 is 13.6. The normalized spacial score (nSPS) is 19.8. The molecule has 5 heteroatoms. The number of anilines is 1. The van der Waals surface area contributed by atoms with Gasteiger partial charge < -0.3 is 4.90 Å². The van der Waals surface area contributed by atoms with Gasteiger partial charge in [0.2, 0.25) is 0 Å². The van der Waals surface area contributed by atoms with E-state index in [-0.39, 0.29) is 23.7 Å². The van der Waals surface area contributed by atoms with Gasteiger partial charge in [-0.2, -0.15) is 0 Å². The smallest absolute Gasteiger partial charge is 0.275 e. The molecule has 2 heterocycles. The zero-order chi connectivity index (χ0) is 19.8. The van der Waals surface area contributed by atoms with E-state index in [0.29, 0.717) is 18.8 Å². The molecule has 4 rings (SSSR count). The Labute approximate surface area is 165 Å². The third-order valence-corrected chi connectivity index (χ3v) is 5.35. The van der Waals surface area contributed by atoms with Crippen LogP contribution in [-0.2, 0) is 4.79 Å². The van der Waals surface area contributed by atoms with Gasteiger partial charge in [0.25, 0.3) is 5.91 Å². The molecule has 144 valence electrons. The first-order chi connectivity index (χ1) is 13.5. The van der Waals surface area contributed by atoms with Gasteiger partial charge in [0.05, 0.1) is 12.6 Å². The SMILES string of the molecule is CC(C)C1=NCCN(C)C2=C1C(c1ccc(F)cc1)N(c1ccccc1)C2=O. The second-order valence-corrected chi connectivity index (χ2v) is 7.57. The minimum absolute atomic E-state index is 0.0340. The summed E-state index contributed by atoms with van der Waals surface area (Å²) in [4.78, 5) is 22.3. The lowest BCUT2D eigenvalue weighted by Gasteiger charge is -2.29. The molecular formula is C23H24FN3O. The number of hydrogen-bond donors (Lipinski definition) is 0. The van der Waals surface area contributed by atoms with E-state index in [2.05, 4.69) is 13.8 Å². The van der Waals surface area contributed by atoms with E-state index < -0.39 is 0 Å². The third-order valence-electron chi connectivity index (χ3n) is 5.35. The maximum Gasteiger partial charge on any atom is 0.275 e. The van der Waals surface area contributed by atoms with Crippen LogP contribution in [-0.4, -0.2) is 36.7 Å². The zero-order valence-electron chi connectivity index (χ0n) is 16.4. The molecule has 1 unspecified atom stereocenters. The largest absolute Gasteiger partial charge is 0.368 e.